The number of ether oxygens (including phenoxy) is 1. The summed E-state index contributed by atoms with van der Waals surface area (Å²) in [5.74, 6) is -0.115. The predicted octanol–water partition coefficient (Wildman–Crippen LogP) is 4.03. The number of amides is 2. The molecule has 0 saturated carbocycles. The molecule has 1 aliphatic carbocycles. The van der Waals surface area contributed by atoms with Gasteiger partial charge in [0, 0.05) is 5.69 Å². The molecule has 0 radical (unpaired) electrons. The Labute approximate surface area is 169 Å². The first-order valence-electron chi connectivity index (χ1n) is 9.67. The number of hydrogen-bond donors (Lipinski definition) is 2. The molecule has 0 bridgehead atoms. The molecule has 0 fully saturated rings. The summed E-state index contributed by atoms with van der Waals surface area (Å²) in [6.45, 7) is 2.20. The Kier molecular flexibility index (Phi) is 5.29. The second-order valence-electron chi connectivity index (χ2n) is 6.87. The number of fused-ring (bicyclic) bond motifs is 3. The minimum Gasteiger partial charge on any atom is -0.493 e. The molecule has 2 amide bonds. The summed E-state index contributed by atoms with van der Waals surface area (Å²) in [5, 5.41) is 5.52. The van der Waals surface area contributed by atoms with Crippen LogP contribution in [0.15, 0.2) is 66.7 Å². The van der Waals surface area contributed by atoms with E-state index in [1.54, 1.807) is 24.3 Å². The number of hydrogen-bond acceptors (Lipinski definition) is 3. The third-order valence-corrected chi connectivity index (χ3v) is 4.92. The lowest BCUT2D eigenvalue weighted by Crippen LogP contribution is -2.33. The van der Waals surface area contributed by atoms with Crippen LogP contribution < -0.4 is 15.4 Å². The maximum atomic E-state index is 12.4. The fourth-order valence-electron chi connectivity index (χ4n) is 3.60. The largest absolute Gasteiger partial charge is 0.493 e. The van der Waals surface area contributed by atoms with Crippen LogP contribution in [0.5, 0.6) is 5.75 Å². The number of carbonyl (C=O) groups excluding carboxylic acids is 2. The van der Waals surface area contributed by atoms with Gasteiger partial charge in [0.25, 0.3) is 5.91 Å². The molecule has 29 heavy (non-hydrogen) atoms. The van der Waals surface area contributed by atoms with E-state index in [0.29, 0.717) is 17.9 Å². The van der Waals surface area contributed by atoms with Gasteiger partial charge in [-0.2, -0.15) is 0 Å². The molecule has 1 aliphatic rings. The van der Waals surface area contributed by atoms with E-state index in [2.05, 4.69) is 22.8 Å². The Hall–Kier alpha value is -3.60. The predicted molar refractivity (Wildman–Crippen MR) is 113 cm³/mol. The van der Waals surface area contributed by atoms with Gasteiger partial charge in [-0.3, -0.25) is 9.59 Å². The molecule has 5 heteroatoms. The molecule has 0 unspecified atom stereocenters. The van der Waals surface area contributed by atoms with E-state index in [4.69, 9.17) is 4.74 Å². The van der Waals surface area contributed by atoms with Gasteiger partial charge >= 0.3 is 0 Å². The molecule has 4 rings (SSSR count). The lowest BCUT2D eigenvalue weighted by Gasteiger charge is -2.11. The van der Waals surface area contributed by atoms with Crippen molar-refractivity contribution in [3.63, 3.8) is 0 Å². The van der Waals surface area contributed by atoms with Crippen LogP contribution in [0.25, 0.3) is 11.1 Å². The summed E-state index contributed by atoms with van der Waals surface area (Å²) < 4.78 is 5.47. The maximum Gasteiger partial charge on any atom is 0.255 e. The average Bonchev–Trinajstić information content (AvgIpc) is 3.11. The topological polar surface area (TPSA) is 67.4 Å². The Morgan fingerprint density at radius 3 is 2.55 bits per heavy atom. The second kappa shape index (κ2) is 8.19. The van der Waals surface area contributed by atoms with Gasteiger partial charge < -0.3 is 15.4 Å². The molecule has 0 atom stereocenters. The summed E-state index contributed by atoms with van der Waals surface area (Å²) in [4.78, 5) is 24.8. The lowest BCUT2D eigenvalue weighted by atomic mass is 10.1. The quantitative estimate of drug-likeness (QED) is 0.526. The van der Waals surface area contributed by atoms with Gasteiger partial charge in [0.2, 0.25) is 5.91 Å². The van der Waals surface area contributed by atoms with Gasteiger partial charge in [-0.1, -0.05) is 42.5 Å². The Bertz CT molecular complexity index is 1080. The number of para-hydroxylation sites is 1. The van der Waals surface area contributed by atoms with E-state index >= 15 is 0 Å². The van der Waals surface area contributed by atoms with Gasteiger partial charge in [-0.15, -0.1) is 0 Å². The van der Waals surface area contributed by atoms with Gasteiger partial charge in [-0.25, -0.2) is 0 Å². The molecule has 3 aromatic carbocycles. The van der Waals surface area contributed by atoms with Crippen molar-refractivity contribution in [1.29, 1.82) is 0 Å². The summed E-state index contributed by atoms with van der Waals surface area (Å²) in [6.07, 6.45) is 0.912. The zero-order chi connectivity index (χ0) is 20.2. The van der Waals surface area contributed by atoms with Crippen LogP contribution in [0.3, 0.4) is 0 Å². The third-order valence-electron chi connectivity index (χ3n) is 4.92. The van der Waals surface area contributed by atoms with E-state index in [0.717, 1.165) is 17.7 Å². The molecule has 5 nitrogen and oxygen atoms in total. The van der Waals surface area contributed by atoms with E-state index in [9.17, 15) is 9.59 Å². The van der Waals surface area contributed by atoms with Crippen molar-refractivity contribution in [2.75, 3.05) is 18.5 Å². The van der Waals surface area contributed by atoms with Crippen molar-refractivity contribution in [1.82, 2.24) is 5.32 Å². The highest BCUT2D eigenvalue weighted by Gasteiger charge is 2.18. The minimum atomic E-state index is -0.341. The molecule has 0 heterocycles. The van der Waals surface area contributed by atoms with Crippen molar-refractivity contribution in [2.24, 2.45) is 0 Å². The molecule has 3 aromatic rings. The van der Waals surface area contributed by atoms with Crippen LogP contribution in [-0.4, -0.2) is 25.0 Å². The molecular weight excluding hydrogens is 364 g/mol. The van der Waals surface area contributed by atoms with Crippen molar-refractivity contribution in [3.05, 3.63) is 83.4 Å². The monoisotopic (exact) mass is 386 g/mol. The molecule has 0 aliphatic heterocycles. The van der Waals surface area contributed by atoms with Crippen molar-refractivity contribution >= 4 is 17.5 Å². The summed E-state index contributed by atoms with van der Waals surface area (Å²) >= 11 is 0. The molecule has 0 saturated heterocycles. The Morgan fingerprint density at radius 1 is 0.931 bits per heavy atom. The highest BCUT2D eigenvalue weighted by atomic mass is 16.5. The normalized spacial score (nSPS) is 11.3. The number of benzene rings is 3. The highest BCUT2D eigenvalue weighted by Crippen LogP contribution is 2.37. The first kappa shape index (κ1) is 18.7. The first-order valence-corrected chi connectivity index (χ1v) is 9.67. The second-order valence-corrected chi connectivity index (χ2v) is 6.87. The van der Waals surface area contributed by atoms with Gasteiger partial charge in [0.05, 0.1) is 18.7 Å². The summed E-state index contributed by atoms with van der Waals surface area (Å²) in [5.41, 5.74) is 6.04. The van der Waals surface area contributed by atoms with Gasteiger partial charge in [0.1, 0.15) is 5.75 Å². The standard InChI is InChI=1S/C24H22N2O3/c1-2-29-22-10-6-5-9-20(22)24(28)25-15-23(27)26-18-12-11-17-13-16-7-3-4-8-19(16)21(17)14-18/h3-12,14H,2,13,15H2,1H3,(H,25,28)(H,26,27). The molecule has 0 spiro atoms. The molecule has 2 N–H and O–H groups in total. The highest BCUT2D eigenvalue weighted by molar-refractivity contribution is 6.01. The number of nitrogens with one attached hydrogen (secondary N) is 2. The van der Waals surface area contributed by atoms with Gasteiger partial charge in [0.15, 0.2) is 0 Å². The fourth-order valence-corrected chi connectivity index (χ4v) is 3.60. The van der Waals surface area contributed by atoms with Crippen molar-refractivity contribution in [3.8, 4) is 16.9 Å². The zero-order valence-electron chi connectivity index (χ0n) is 16.2. The summed E-state index contributed by atoms with van der Waals surface area (Å²) in [6, 6.07) is 21.2. The maximum absolute atomic E-state index is 12.4. The van der Waals surface area contributed by atoms with Crippen LogP contribution in [0.1, 0.15) is 28.4 Å². The number of rotatable bonds is 6. The first-order chi connectivity index (χ1) is 14.2. The average molecular weight is 386 g/mol. The van der Waals surface area contributed by atoms with Crippen molar-refractivity contribution in [2.45, 2.75) is 13.3 Å². The van der Waals surface area contributed by atoms with E-state index in [-0.39, 0.29) is 18.4 Å². The SMILES string of the molecule is CCOc1ccccc1C(=O)NCC(=O)Nc1ccc2c(c1)-c1ccccc1C2. The van der Waals surface area contributed by atoms with Crippen LogP contribution in [0, 0.1) is 0 Å². The Balaban J connectivity index is 1.40. The Morgan fingerprint density at radius 2 is 1.69 bits per heavy atom. The van der Waals surface area contributed by atoms with Crippen LogP contribution in [-0.2, 0) is 11.2 Å². The van der Waals surface area contributed by atoms with Crippen LogP contribution in [0.2, 0.25) is 0 Å². The van der Waals surface area contributed by atoms with E-state index in [1.165, 1.54) is 16.7 Å². The van der Waals surface area contributed by atoms with Crippen LogP contribution in [0.4, 0.5) is 5.69 Å². The molecule has 0 aromatic heterocycles. The molecular formula is C24H22N2O3. The van der Waals surface area contributed by atoms with E-state index < -0.39 is 0 Å². The van der Waals surface area contributed by atoms with Crippen molar-refractivity contribution < 1.29 is 14.3 Å². The third kappa shape index (κ3) is 3.99. The van der Waals surface area contributed by atoms with Gasteiger partial charge in [-0.05, 0) is 59.9 Å². The van der Waals surface area contributed by atoms with E-state index in [1.807, 2.05) is 37.3 Å². The fraction of sp³-hybridized carbons (Fsp3) is 0.167. The summed E-state index contributed by atoms with van der Waals surface area (Å²) in [7, 11) is 0. The number of anilines is 1. The number of carbonyl (C=O) groups is 2. The minimum absolute atomic E-state index is 0.118. The van der Waals surface area contributed by atoms with Crippen LogP contribution >= 0.6 is 0 Å². The smallest absolute Gasteiger partial charge is 0.255 e. The zero-order valence-corrected chi connectivity index (χ0v) is 16.2. The lowest BCUT2D eigenvalue weighted by molar-refractivity contribution is -0.115. The molecule has 146 valence electrons.